The fraction of sp³-hybridized carbons (Fsp3) is 0.545. The predicted molar refractivity (Wildman–Crippen MR) is 74.8 cm³/mol. The first-order valence-corrected chi connectivity index (χ1v) is 7.45. The molecular formula is C11H20N3O6SY. The summed E-state index contributed by atoms with van der Waals surface area (Å²) in [6.07, 6.45) is 1.00. The van der Waals surface area contributed by atoms with Gasteiger partial charge in [0.2, 0.25) is 5.90 Å². The average Bonchev–Trinajstić information content (AvgIpc) is 2.84. The third-order valence-corrected chi connectivity index (χ3v) is 4.20. The molecule has 1 atom stereocenters. The van der Waals surface area contributed by atoms with Crippen molar-refractivity contribution >= 4 is 21.8 Å². The van der Waals surface area contributed by atoms with Crippen LogP contribution in [0.2, 0.25) is 0 Å². The molecule has 0 aliphatic carbocycles. The van der Waals surface area contributed by atoms with E-state index in [1.54, 1.807) is 0 Å². The number of nitrogens with one attached hydrogen (secondary N) is 1. The molecule has 9 nitrogen and oxygen atoms in total. The van der Waals surface area contributed by atoms with Gasteiger partial charge in [0.05, 0.1) is 0 Å². The zero-order valence-electron chi connectivity index (χ0n) is 12.6. The number of hydrogen-bond donors (Lipinski definition) is 2. The van der Waals surface area contributed by atoms with Crippen LogP contribution in [0.25, 0.3) is 0 Å². The minimum Gasteiger partial charge on any atom is -0.414 e. The fourth-order valence-electron chi connectivity index (χ4n) is 1.25. The van der Waals surface area contributed by atoms with Crippen LogP contribution in [-0.2, 0) is 57.1 Å². The average molecular weight is 411 g/mol. The molecular weight excluding hydrogens is 391 g/mol. The maximum absolute atomic E-state index is 12.2. The van der Waals surface area contributed by atoms with Crippen molar-refractivity contribution in [1.29, 1.82) is 0 Å². The van der Waals surface area contributed by atoms with E-state index in [2.05, 4.69) is 30.8 Å². The van der Waals surface area contributed by atoms with Crippen molar-refractivity contribution in [2.24, 2.45) is 5.16 Å². The smallest absolute Gasteiger partial charge is 0.414 e. The van der Waals surface area contributed by atoms with E-state index in [9.17, 15) is 13.2 Å². The van der Waals surface area contributed by atoms with Gasteiger partial charge in [0.15, 0.2) is 0 Å². The van der Waals surface area contributed by atoms with E-state index < -0.39 is 21.0 Å². The van der Waals surface area contributed by atoms with Crippen LogP contribution in [0, 0.1) is 20.8 Å². The van der Waals surface area contributed by atoms with Crippen molar-refractivity contribution in [3.8, 4) is 0 Å². The molecule has 0 aromatic rings. The molecule has 2 N–H and O–H groups in total. The summed E-state index contributed by atoms with van der Waals surface area (Å²) in [7, 11) is -4.43. The van der Waals surface area contributed by atoms with Crippen molar-refractivity contribution in [2.75, 3.05) is 13.1 Å². The van der Waals surface area contributed by atoms with Gasteiger partial charge in [0, 0.05) is 6.92 Å². The normalized spacial score (nSPS) is 19.9. The number of rotatable bonds is 5. The summed E-state index contributed by atoms with van der Waals surface area (Å²) < 4.78 is 30.0. The predicted octanol–water partition coefficient (Wildman–Crippen LogP) is 0.0538. The maximum atomic E-state index is 12.2. The Labute approximate surface area is 156 Å². The molecule has 124 valence electrons. The quantitative estimate of drug-likeness (QED) is 0.375. The number of sulfonamides is 1. The van der Waals surface area contributed by atoms with Gasteiger partial charge < -0.3 is 30.3 Å². The van der Waals surface area contributed by atoms with Crippen LogP contribution in [0.1, 0.15) is 20.3 Å². The molecule has 0 saturated heterocycles. The van der Waals surface area contributed by atoms with Gasteiger partial charge in [0.25, 0.3) is 0 Å². The first-order valence-electron chi connectivity index (χ1n) is 6.01. The van der Waals surface area contributed by atoms with E-state index in [0.717, 1.165) is 10.7 Å². The van der Waals surface area contributed by atoms with Crippen LogP contribution in [-0.4, -0.2) is 47.9 Å². The third kappa shape index (κ3) is 4.85. The number of carbonyl (C=O) groups excluding carboxylic acids is 1. The summed E-state index contributed by atoms with van der Waals surface area (Å²) in [6, 6.07) is 0. The van der Waals surface area contributed by atoms with Gasteiger partial charge in [-0.2, -0.15) is 6.42 Å². The van der Waals surface area contributed by atoms with Crippen LogP contribution < -0.4 is 5.48 Å². The Morgan fingerprint density at radius 3 is 2.14 bits per heavy atom. The second-order valence-electron chi connectivity index (χ2n) is 3.70. The van der Waals surface area contributed by atoms with E-state index >= 15 is 0 Å². The van der Waals surface area contributed by atoms with Gasteiger partial charge in [-0.25, -0.2) is 13.9 Å². The molecule has 0 radical (unpaired) electrons. The first-order chi connectivity index (χ1) is 9.77. The summed E-state index contributed by atoms with van der Waals surface area (Å²) in [5, 5.41) is 9.07. The van der Waals surface area contributed by atoms with E-state index in [4.69, 9.17) is 9.94 Å². The van der Waals surface area contributed by atoms with Crippen LogP contribution in [0.3, 0.4) is 0 Å². The van der Waals surface area contributed by atoms with Crippen LogP contribution in [0.15, 0.2) is 5.16 Å². The minimum atomic E-state index is -4.43. The summed E-state index contributed by atoms with van der Waals surface area (Å²) >= 11 is 0. The maximum Gasteiger partial charge on any atom is 3.00 e. The van der Waals surface area contributed by atoms with Crippen molar-refractivity contribution in [1.82, 2.24) is 9.79 Å². The Hall–Kier alpha value is -0.286. The van der Waals surface area contributed by atoms with Gasteiger partial charge >= 0.3 is 53.8 Å². The Balaban J connectivity index is 0. The van der Waals surface area contributed by atoms with Gasteiger partial charge in [-0.15, -0.1) is 13.1 Å². The zero-order chi connectivity index (χ0) is 16.7. The van der Waals surface area contributed by atoms with Gasteiger partial charge in [-0.05, 0) is 5.16 Å². The van der Waals surface area contributed by atoms with Gasteiger partial charge in [-0.1, -0.05) is 6.92 Å². The number of amides is 1. The number of nitrogens with zero attached hydrogens (tertiary/aromatic N) is 2. The molecule has 22 heavy (non-hydrogen) atoms. The molecule has 0 bridgehead atoms. The summed E-state index contributed by atoms with van der Waals surface area (Å²) in [5.41, 5.74) is 1.17. The molecule has 0 spiro atoms. The molecule has 1 amide bonds. The number of hydrogen-bond acceptors (Lipinski definition) is 7. The Kier molecular flexibility index (Phi) is 11.4. The molecule has 1 aliphatic rings. The number of ether oxygens (including phenoxy) is 1. The molecule has 1 heterocycles. The van der Waals surface area contributed by atoms with Crippen molar-refractivity contribution in [3.05, 3.63) is 20.8 Å². The monoisotopic (exact) mass is 411 g/mol. The Morgan fingerprint density at radius 2 is 1.86 bits per heavy atom. The first kappa shape index (κ1) is 24.0. The second kappa shape index (κ2) is 10.5. The Bertz CT molecular complexity index is 480. The molecule has 1 aliphatic heterocycles. The largest absolute Gasteiger partial charge is 3.00 e. The van der Waals surface area contributed by atoms with Crippen molar-refractivity contribution in [3.63, 3.8) is 0 Å². The Morgan fingerprint density at radius 1 is 1.41 bits per heavy atom. The summed E-state index contributed by atoms with van der Waals surface area (Å²) in [6.45, 7) is 13.2. The summed E-state index contributed by atoms with van der Waals surface area (Å²) in [4.78, 5) is 16.1. The SMILES string of the molecule is [CH2-]CC.[CH2-]CN(C[CH2-])S(=O)(=O)C1(C(=O)NO)ON=C(C)O1.[Y+3]. The number of carbonyl (C=O) groups is 1. The molecule has 0 fully saturated rings. The van der Waals surface area contributed by atoms with Crippen LogP contribution in [0.5, 0.6) is 0 Å². The van der Waals surface area contributed by atoms with Crippen LogP contribution in [0.4, 0.5) is 0 Å². The second-order valence-corrected chi connectivity index (χ2v) is 5.71. The van der Waals surface area contributed by atoms with E-state index in [-0.39, 0.29) is 51.7 Å². The molecule has 11 heteroatoms. The zero-order valence-corrected chi connectivity index (χ0v) is 16.3. The number of oxime groups is 1. The number of hydroxylamine groups is 1. The molecule has 1 unspecified atom stereocenters. The van der Waals surface area contributed by atoms with E-state index in [0.29, 0.717) is 0 Å². The third-order valence-electron chi connectivity index (χ3n) is 2.13. The topological polar surface area (TPSA) is 118 Å². The van der Waals surface area contributed by atoms with Gasteiger partial charge in [-0.3, -0.25) is 14.3 Å². The molecule has 0 aromatic heterocycles. The molecule has 0 aromatic carbocycles. The standard InChI is InChI=1S/C8H13N3O6S.C3H7.Y/c1-4-11(5-2)18(14,15)8(7(12)9-13)16-6(3)10-17-8;1-3-2;/h13H,1-2,4-5H2,3H3,(H,9,12);1,3H2,2H3;/q-2;-1;+3. The molecule has 1 rings (SSSR count). The van der Waals surface area contributed by atoms with E-state index in [1.165, 1.54) is 12.4 Å². The summed E-state index contributed by atoms with van der Waals surface area (Å²) in [5.74, 6) is -1.59. The van der Waals surface area contributed by atoms with Crippen molar-refractivity contribution < 1.29 is 60.7 Å². The minimum absolute atomic E-state index is 0. The van der Waals surface area contributed by atoms with Crippen LogP contribution >= 0.6 is 0 Å². The fourth-order valence-corrected chi connectivity index (χ4v) is 2.71. The van der Waals surface area contributed by atoms with Crippen molar-refractivity contribution in [2.45, 2.75) is 25.4 Å². The van der Waals surface area contributed by atoms with E-state index in [1.807, 2.05) is 6.92 Å². The molecule has 0 saturated carbocycles. The van der Waals surface area contributed by atoms with Gasteiger partial charge in [0.1, 0.15) is 0 Å².